The van der Waals surface area contributed by atoms with Crippen molar-refractivity contribution in [1.29, 1.82) is 0 Å². The Bertz CT molecular complexity index is 700. The van der Waals surface area contributed by atoms with E-state index >= 15 is 0 Å². The summed E-state index contributed by atoms with van der Waals surface area (Å²) in [5, 5.41) is 2.74. The molecule has 0 aliphatic carbocycles. The van der Waals surface area contributed by atoms with Crippen LogP contribution in [0.25, 0.3) is 0 Å². The van der Waals surface area contributed by atoms with Gasteiger partial charge in [-0.15, -0.1) is 0 Å². The number of sulfone groups is 1. The predicted octanol–water partition coefficient (Wildman–Crippen LogP) is 1.90. The number of hydrogen-bond acceptors (Lipinski definition) is 5. The third-order valence-corrected chi connectivity index (χ3v) is 5.65. The zero-order valence-electron chi connectivity index (χ0n) is 13.8. The third-order valence-electron chi connectivity index (χ3n) is 3.90. The molecule has 0 bridgehead atoms. The van der Waals surface area contributed by atoms with Crippen LogP contribution in [0.2, 0.25) is 0 Å². The van der Waals surface area contributed by atoms with E-state index in [-0.39, 0.29) is 23.6 Å². The van der Waals surface area contributed by atoms with Crippen LogP contribution >= 0.6 is 0 Å². The summed E-state index contributed by atoms with van der Waals surface area (Å²) in [7, 11) is -3.05. The molecule has 1 aromatic rings. The number of esters is 1. The van der Waals surface area contributed by atoms with E-state index in [0.717, 1.165) is 0 Å². The number of hydrogen-bond donors (Lipinski definition) is 1. The van der Waals surface area contributed by atoms with Gasteiger partial charge in [0.1, 0.15) is 0 Å². The van der Waals surface area contributed by atoms with Crippen molar-refractivity contribution in [3.8, 4) is 0 Å². The number of ether oxygens (including phenoxy) is 1. The van der Waals surface area contributed by atoms with Gasteiger partial charge in [0.05, 0.1) is 23.7 Å². The monoisotopic (exact) mass is 354 g/mol. The predicted molar refractivity (Wildman–Crippen MR) is 90.9 cm³/mol. The quantitative estimate of drug-likeness (QED) is 0.815. The molecule has 1 atom stereocenters. The fraction of sp³-hybridized carbons (Fsp3) is 0.500. The van der Waals surface area contributed by atoms with Crippen molar-refractivity contribution in [1.82, 2.24) is 4.90 Å². The molecule has 1 fully saturated rings. The van der Waals surface area contributed by atoms with E-state index in [1.807, 2.05) is 6.92 Å². The molecule has 24 heavy (non-hydrogen) atoms. The Morgan fingerprint density at radius 2 is 1.92 bits per heavy atom. The topological polar surface area (TPSA) is 92.8 Å². The standard InChI is InChI=1S/C16H22N2O5S/c1-3-18(14-9-10-24(21,22)11-14)16(20)17-13-7-5-12(6-8-13)15(19)23-4-2/h5-8,14H,3-4,9-11H2,1-2H3,(H,17,20)/t14-/m1/s1. The molecular weight excluding hydrogens is 332 g/mol. The number of rotatable bonds is 5. The lowest BCUT2D eigenvalue weighted by molar-refractivity contribution is 0.0526. The van der Waals surface area contributed by atoms with Crippen LogP contribution in [-0.2, 0) is 14.6 Å². The SMILES string of the molecule is CCOC(=O)c1ccc(NC(=O)N(CC)[C@@H]2CCS(=O)(=O)C2)cc1. The maximum atomic E-state index is 12.4. The van der Waals surface area contributed by atoms with Crippen LogP contribution < -0.4 is 5.32 Å². The van der Waals surface area contributed by atoms with Crippen LogP contribution in [-0.4, -0.2) is 56.0 Å². The highest BCUT2D eigenvalue weighted by molar-refractivity contribution is 7.91. The minimum absolute atomic E-state index is 0.00998. The number of anilines is 1. The summed E-state index contributed by atoms with van der Waals surface area (Å²) in [6.45, 7) is 4.27. The van der Waals surface area contributed by atoms with Gasteiger partial charge in [0, 0.05) is 18.3 Å². The smallest absolute Gasteiger partial charge is 0.338 e. The Morgan fingerprint density at radius 1 is 1.25 bits per heavy atom. The lowest BCUT2D eigenvalue weighted by Gasteiger charge is -2.27. The maximum Gasteiger partial charge on any atom is 0.338 e. The van der Waals surface area contributed by atoms with Gasteiger partial charge >= 0.3 is 12.0 Å². The first kappa shape index (κ1) is 18.3. The van der Waals surface area contributed by atoms with E-state index in [1.54, 1.807) is 31.2 Å². The van der Waals surface area contributed by atoms with Crippen molar-refractivity contribution in [3.63, 3.8) is 0 Å². The van der Waals surface area contributed by atoms with Gasteiger partial charge < -0.3 is 15.0 Å². The van der Waals surface area contributed by atoms with Crippen LogP contribution in [0.3, 0.4) is 0 Å². The average molecular weight is 354 g/mol. The second-order valence-electron chi connectivity index (χ2n) is 5.57. The van der Waals surface area contributed by atoms with Gasteiger partial charge in [-0.05, 0) is 44.5 Å². The Hall–Kier alpha value is -2.09. The lowest BCUT2D eigenvalue weighted by Crippen LogP contribution is -2.43. The van der Waals surface area contributed by atoms with Gasteiger partial charge in [0.25, 0.3) is 0 Å². The van der Waals surface area contributed by atoms with Gasteiger partial charge in [-0.3, -0.25) is 0 Å². The van der Waals surface area contributed by atoms with E-state index in [1.165, 1.54) is 4.90 Å². The molecule has 1 N–H and O–H groups in total. The lowest BCUT2D eigenvalue weighted by atomic mass is 10.2. The molecule has 1 saturated heterocycles. The van der Waals surface area contributed by atoms with Crippen molar-refractivity contribution in [3.05, 3.63) is 29.8 Å². The van der Waals surface area contributed by atoms with E-state index in [9.17, 15) is 18.0 Å². The highest BCUT2D eigenvalue weighted by Crippen LogP contribution is 2.19. The highest BCUT2D eigenvalue weighted by Gasteiger charge is 2.33. The summed E-state index contributed by atoms with van der Waals surface area (Å²) in [5.41, 5.74) is 0.941. The zero-order chi connectivity index (χ0) is 17.7. The van der Waals surface area contributed by atoms with Crippen molar-refractivity contribution in [2.45, 2.75) is 26.3 Å². The molecule has 0 aromatic heterocycles. The maximum absolute atomic E-state index is 12.4. The van der Waals surface area contributed by atoms with Crippen molar-refractivity contribution in [2.75, 3.05) is 30.0 Å². The molecule has 0 unspecified atom stereocenters. The summed E-state index contributed by atoms with van der Waals surface area (Å²) in [4.78, 5) is 25.5. The molecule has 2 amide bonds. The van der Waals surface area contributed by atoms with E-state index in [2.05, 4.69) is 5.32 Å². The van der Waals surface area contributed by atoms with Crippen LogP contribution in [0, 0.1) is 0 Å². The Morgan fingerprint density at radius 3 is 2.42 bits per heavy atom. The number of benzene rings is 1. The number of carbonyl (C=O) groups excluding carboxylic acids is 2. The van der Waals surface area contributed by atoms with Crippen LogP contribution in [0.5, 0.6) is 0 Å². The van der Waals surface area contributed by atoms with Crippen molar-refractivity contribution >= 4 is 27.5 Å². The molecule has 1 aliphatic heterocycles. The Kier molecular flexibility index (Phi) is 5.82. The van der Waals surface area contributed by atoms with Gasteiger partial charge in [-0.1, -0.05) is 0 Å². The molecule has 1 aromatic carbocycles. The molecule has 1 heterocycles. The van der Waals surface area contributed by atoms with E-state index < -0.39 is 15.8 Å². The van der Waals surface area contributed by atoms with E-state index in [0.29, 0.717) is 30.8 Å². The highest BCUT2D eigenvalue weighted by atomic mass is 32.2. The first-order valence-electron chi connectivity index (χ1n) is 7.91. The third kappa shape index (κ3) is 4.47. The average Bonchev–Trinajstić information content (AvgIpc) is 2.88. The van der Waals surface area contributed by atoms with Gasteiger partial charge in [0.2, 0.25) is 0 Å². The fourth-order valence-electron chi connectivity index (χ4n) is 2.69. The fourth-order valence-corrected chi connectivity index (χ4v) is 4.42. The summed E-state index contributed by atoms with van der Waals surface area (Å²) in [6, 6.07) is 5.74. The van der Waals surface area contributed by atoms with Gasteiger partial charge in [-0.25, -0.2) is 18.0 Å². The first-order chi connectivity index (χ1) is 11.4. The van der Waals surface area contributed by atoms with Crippen LogP contribution in [0.15, 0.2) is 24.3 Å². The molecule has 8 heteroatoms. The summed E-state index contributed by atoms with van der Waals surface area (Å²) >= 11 is 0. The van der Waals surface area contributed by atoms with Gasteiger partial charge in [-0.2, -0.15) is 0 Å². The molecule has 2 rings (SSSR count). The normalized spacial score (nSPS) is 18.8. The van der Waals surface area contributed by atoms with Crippen molar-refractivity contribution < 1.29 is 22.7 Å². The molecule has 132 valence electrons. The van der Waals surface area contributed by atoms with Crippen LogP contribution in [0.1, 0.15) is 30.6 Å². The summed E-state index contributed by atoms with van der Waals surface area (Å²) in [6.07, 6.45) is 0.464. The van der Waals surface area contributed by atoms with Gasteiger partial charge in [0.15, 0.2) is 9.84 Å². The Labute approximate surface area is 141 Å². The molecule has 7 nitrogen and oxygen atoms in total. The van der Waals surface area contributed by atoms with Crippen LogP contribution in [0.4, 0.5) is 10.5 Å². The molecule has 1 aliphatic rings. The second kappa shape index (κ2) is 7.65. The zero-order valence-corrected chi connectivity index (χ0v) is 14.6. The molecular formula is C16H22N2O5S. The Balaban J connectivity index is 2.01. The number of amides is 2. The van der Waals surface area contributed by atoms with E-state index in [4.69, 9.17) is 4.74 Å². The minimum Gasteiger partial charge on any atom is -0.462 e. The second-order valence-corrected chi connectivity index (χ2v) is 7.80. The summed E-state index contributed by atoms with van der Waals surface area (Å²) in [5.74, 6) is -0.284. The minimum atomic E-state index is -3.05. The van der Waals surface area contributed by atoms with Crippen molar-refractivity contribution in [2.24, 2.45) is 0 Å². The number of nitrogens with one attached hydrogen (secondary N) is 1. The number of urea groups is 1. The summed E-state index contributed by atoms with van der Waals surface area (Å²) < 4.78 is 28.1. The number of nitrogens with zero attached hydrogens (tertiary/aromatic N) is 1. The molecule has 0 radical (unpaired) electrons. The number of carbonyl (C=O) groups is 2. The molecule has 0 spiro atoms. The first-order valence-corrected chi connectivity index (χ1v) is 9.73. The largest absolute Gasteiger partial charge is 0.462 e. The molecule has 0 saturated carbocycles.